The Labute approximate surface area is 330 Å². The standard InChI is InChI=1S/C26H39ClFN3O.C5H13N.C3H9N.C2H5NO.C2H4O.C2H6.C2H2/c1-20-9-10-24(25(27)18-20)22(3)11-13-29(5)23(4)26(32)31-16-14-30(15-17-31)19-21(2)8-6-7-12-28;1-4-5-6(2)3;1-3(2)4;1-3-2-4;1-2-3;2*1-2/h6-10,18,22-23H,11-17,19H2,1-5H3;4-5H2,1-3H3;3H,4H2,1-2H3;2H,1H3,(H,3,4);2H,1H3;1-2H3;1-2H/b7-6-,21-8-;;;;;;. The van der Waals surface area contributed by atoms with Gasteiger partial charge in [0, 0.05) is 44.8 Å². The van der Waals surface area contributed by atoms with Crippen LogP contribution in [-0.2, 0) is 14.4 Å². The van der Waals surface area contributed by atoms with Gasteiger partial charge in [-0.1, -0.05) is 89.1 Å². The molecule has 1 fully saturated rings. The van der Waals surface area contributed by atoms with Crippen LogP contribution in [0.25, 0.3) is 0 Å². The molecule has 0 saturated carbocycles. The maximum atomic E-state index is 13.0. The highest BCUT2D eigenvalue weighted by Gasteiger charge is 2.27. The third-order valence-corrected chi connectivity index (χ3v) is 7.50. The number of aryl methyl sites for hydroxylation is 1. The van der Waals surface area contributed by atoms with Crippen LogP contribution in [0.3, 0.4) is 0 Å². The fourth-order valence-corrected chi connectivity index (χ4v) is 4.92. The van der Waals surface area contributed by atoms with Gasteiger partial charge in [-0.25, -0.2) is 4.39 Å². The molecule has 1 aliphatic rings. The van der Waals surface area contributed by atoms with Gasteiger partial charge >= 0.3 is 0 Å². The summed E-state index contributed by atoms with van der Waals surface area (Å²) in [6.45, 7) is 25.5. The first-order valence-corrected chi connectivity index (χ1v) is 19.0. The molecule has 1 aromatic rings. The number of carbonyl (C=O) groups excluding carboxylic acids is 3. The molecule has 2 unspecified atom stereocenters. The molecule has 1 aromatic carbocycles. The second kappa shape index (κ2) is 41.7. The van der Waals surface area contributed by atoms with E-state index in [0.29, 0.717) is 18.4 Å². The Kier molecular flexibility index (Phi) is 46.6. The molecule has 9 nitrogen and oxygen atoms in total. The highest BCUT2D eigenvalue weighted by Crippen LogP contribution is 2.28. The molecule has 2 amide bonds. The van der Waals surface area contributed by atoms with Crippen LogP contribution in [0.15, 0.2) is 42.0 Å². The van der Waals surface area contributed by atoms with Gasteiger partial charge in [-0.2, -0.15) is 0 Å². The van der Waals surface area contributed by atoms with Crippen molar-refractivity contribution in [2.45, 2.75) is 100 Å². The minimum Gasteiger partial charge on any atom is -0.362 e. The molecule has 2 atom stereocenters. The van der Waals surface area contributed by atoms with Crippen LogP contribution in [0.5, 0.6) is 0 Å². The number of halogens is 2. The predicted octanol–water partition coefficient (Wildman–Crippen LogP) is 7.23. The topological polar surface area (TPSA) is 102 Å². The molecule has 1 heterocycles. The highest BCUT2D eigenvalue weighted by molar-refractivity contribution is 6.31. The second-order valence-electron chi connectivity index (χ2n) is 12.8. The molecule has 0 spiro atoms. The van der Waals surface area contributed by atoms with Gasteiger partial charge in [0.25, 0.3) is 0 Å². The maximum absolute atomic E-state index is 13.0. The van der Waals surface area contributed by atoms with Crippen molar-refractivity contribution in [3.63, 3.8) is 0 Å². The van der Waals surface area contributed by atoms with Crippen LogP contribution in [-0.4, -0.2) is 131 Å². The first-order chi connectivity index (χ1) is 25.1. The number of allylic oxidation sites excluding steroid dienone is 3. The first kappa shape index (κ1) is 59.2. The summed E-state index contributed by atoms with van der Waals surface area (Å²) in [5.41, 5.74) is 8.65. The molecule has 0 aromatic heterocycles. The van der Waals surface area contributed by atoms with Gasteiger partial charge in [0.1, 0.15) is 13.0 Å². The third-order valence-electron chi connectivity index (χ3n) is 7.17. The Hall–Kier alpha value is -3.07. The zero-order chi connectivity index (χ0) is 42.4. The average Bonchev–Trinajstić information content (AvgIpc) is 3.12. The SMILES string of the molecule is C#C.C/C(=C/C=C\CF)CN1CCN(C(=O)C(C)N(C)CCC(C)c2ccc(C)cc2Cl)CC1.CC.CC(C)N.CC=O.CCCN(C)C.CNC=O. The number of carbonyl (C=O) groups is 3. The molecule has 0 aliphatic carbocycles. The molecule has 1 saturated heterocycles. The second-order valence-corrected chi connectivity index (χ2v) is 13.2. The zero-order valence-electron chi connectivity index (χ0n) is 35.9. The van der Waals surface area contributed by atoms with Gasteiger partial charge in [-0.05, 0) is 104 Å². The number of likely N-dealkylation sites (N-methyl/N-ethyl adjacent to an activating group) is 1. The quantitative estimate of drug-likeness (QED) is 0.124. The van der Waals surface area contributed by atoms with Gasteiger partial charge in [0.15, 0.2) is 0 Å². The van der Waals surface area contributed by atoms with Crippen molar-refractivity contribution in [2.75, 3.05) is 80.7 Å². The van der Waals surface area contributed by atoms with E-state index in [0.717, 1.165) is 57.0 Å². The van der Waals surface area contributed by atoms with E-state index in [1.807, 2.05) is 65.6 Å². The molecule has 0 bridgehead atoms. The van der Waals surface area contributed by atoms with Crippen LogP contribution in [0.1, 0.15) is 92.2 Å². The third kappa shape index (κ3) is 37.1. The van der Waals surface area contributed by atoms with E-state index in [9.17, 15) is 9.18 Å². The molecule has 308 valence electrons. The lowest BCUT2D eigenvalue weighted by Gasteiger charge is -2.37. The summed E-state index contributed by atoms with van der Waals surface area (Å²) in [5, 5.41) is 3.07. The van der Waals surface area contributed by atoms with Crippen molar-refractivity contribution >= 4 is 30.2 Å². The number of rotatable bonds is 13. The van der Waals surface area contributed by atoms with E-state index in [4.69, 9.17) is 26.9 Å². The lowest BCUT2D eigenvalue weighted by Crippen LogP contribution is -2.53. The van der Waals surface area contributed by atoms with Crippen LogP contribution >= 0.6 is 11.6 Å². The summed E-state index contributed by atoms with van der Waals surface area (Å²) in [5.74, 6) is 0.541. The number of piperazine rings is 1. The van der Waals surface area contributed by atoms with Crippen molar-refractivity contribution in [1.82, 2.24) is 24.9 Å². The summed E-state index contributed by atoms with van der Waals surface area (Å²) < 4.78 is 12.2. The van der Waals surface area contributed by atoms with Crippen LogP contribution < -0.4 is 11.1 Å². The van der Waals surface area contributed by atoms with Gasteiger partial charge < -0.3 is 25.6 Å². The number of benzene rings is 1. The zero-order valence-corrected chi connectivity index (χ0v) is 36.7. The van der Waals surface area contributed by atoms with Gasteiger partial charge in [-0.15, -0.1) is 12.8 Å². The Bertz CT molecular complexity index is 1090. The minimum atomic E-state index is -0.435. The van der Waals surface area contributed by atoms with E-state index in [-0.39, 0.29) is 11.9 Å². The van der Waals surface area contributed by atoms with Crippen LogP contribution in [0.2, 0.25) is 5.02 Å². The van der Waals surface area contributed by atoms with E-state index in [1.165, 1.54) is 42.7 Å². The molecular weight excluding hydrogens is 691 g/mol. The molecule has 53 heavy (non-hydrogen) atoms. The van der Waals surface area contributed by atoms with Crippen LogP contribution in [0, 0.1) is 19.8 Å². The van der Waals surface area contributed by atoms with Crippen LogP contribution in [0.4, 0.5) is 4.39 Å². The van der Waals surface area contributed by atoms with Crippen molar-refractivity contribution in [2.24, 2.45) is 5.73 Å². The summed E-state index contributed by atoms with van der Waals surface area (Å²) in [4.78, 5) is 39.6. The molecule has 11 heteroatoms. The van der Waals surface area contributed by atoms with Gasteiger partial charge in [0.05, 0.1) is 6.04 Å². The lowest BCUT2D eigenvalue weighted by molar-refractivity contribution is -0.137. The Balaban J connectivity index is -0.000000301. The van der Waals surface area contributed by atoms with Crippen molar-refractivity contribution in [3.8, 4) is 12.8 Å². The van der Waals surface area contributed by atoms with Crippen molar-refractivity contribution in [1.29, 1.82) is 0 Å². The molecule has 2 rings (SSSR count). The average molecular weight is 770 g/mol. The smallest absolute Gasteiger partial charge is 0.239 e. The Morgan fingerprint density at radius 1 is 1.06 bits per heavy atom. The normalized spacial score (nSPS) is 13.4. The summed E-state index contributed by atoms with van der Waals surface area (Å²) in [6, 6.07) is 6.42. The number of hydrogen-bond acceptors (Lipinski definition) is 7. The highest BCUT2D eigenvalue weighted by atomic mass is 35.5. The van der Waals surface area contributed by atoms with E-state index in [2.05, 4.69) is 79.9 Å². The molecule has 3 N–H and O–H groups in total. The fourth-order valence-electron chi connectivity index (χ4n) is 4.49. The number of terminal acetylenes is 1. The van der Waals surface area contributed by atoms with Gasteiger partial charge in [-0.3, -0.25) is 19.4 Å². The number of amides is 2. The minimum absolute atomic E-state index is 0.144. The number of nitrogens with two attached hydrogens (primary N) is 1. The first-order valence-electron chi connectivity index (χ1n) is 18.7. The summed E-state index contributed by atoms with van der Waals surface area (Å²) in [7, 11) is 7.77. The Morgan fingerprint density at radius 3 is 1.92 bits per heavy atom. The number of nitrogens with one attached hydrogen (secondary N) is 1. The van der Waals surface area contributed by atoms with Crippen molar-refractivity contribution < 1.29 is 18.8 Å². The monoisotopic (exact) mass is 769 g/mol. The number of aldehydes is 1. The number of alkyl halides is 1. The van der Waals surface area contributed by atoms with E-state index >= 15 is 0 Å². The maximum Gasteiger partial charge on any atom is 0.239 e. The predicted molar refractivity (Wildman–Crippen MR) is 229 cm³/mol. The molecular formula is C42H78ClFN6O3. The largest absolute Gasteiger partial charge is 0.362 e. The Morgan fingerprint density at radius 2 is 1.55 bits per heavy atom. The summed E-state index contributed by atoms with van der Waals surface area (Å²) in [6.07, 6.45) is 16.8. The van der Waals surface area contributed by atoms with E-state index in [1.54, 1.807) is 13.1 Å². The fraction of sp³-hybridized carbons (Fsp3) is 0.643. The molecule has 0 radical (unpaired) electrons. The van der Waals surface area contributed by atoms with Crippen molar-refractivity contribution in [3.05, 3.63) is 58.1 Å². The summed E-state index contributed by atoms with van der Waals surface area (Å²) >= 11 is 6.43. The van der Waals surface area contributed by atoms with E-state index < -0.39 is 6.67 Å². The number of nitrogens with zero attached hydrogens (tertiary/aromatic N) is 4. The number of hydrogen-bond donors (Lipinski definition) is 2. The van der Waals surface area contributed by atoms with Gasteiger partial charge in [0.2, 0.25) is 12.3 Å². The molecule has 1 aliphatic heterocycles. The lowest BCUT2D eigenvalue weighted by atomic mass is 9.96.